The summed E-state index contributed by atoms with van der Waals surface area (Å²) < 4.78 is 5.85. The van der Waals surface area contributed by atoms with Crippen LogP contribution in [-0.2, 0) is 11.3 Å². The lowest BCUT2D eigenvalue weighted by Crippen LogP contribution is -2.28. The van der Waals surface area contributed by atoms with E-state index >= 15 is 0 Å². The molecule has 1 aliphatic rings. The highest BCUT2D eigenvalue weighted by Gasteiger charge is 2.20. The average Bonchev–Trinajstić information content (AvgIpc) is 2.77. The minimum absolute atomic E-state index is 0.0431. The monoisotopic (exact) mass is 428 g/mol. The van der Waals surface area contributed by atoms with Gasteiger partial charge in [0.15, 0.2) is 6.61 Å². The van der Waals surface area contributed by atoms with Crippen LogP contribution in [0.25, 0.3) is 0 Å². The Morgan fingerprint density at radius 2 is 1.77 bits per heavy atom. The van der Waals surface area contributed by atoms with E-state index < -0.39 is 0 Å². The summed E-state index contributed by atoms with van der Waals surface area (Å²) in [6.07, 6.45) is 5.98. The lowest BCUT2D eigenvalue weighted by molar-refractivity contribution is -0.123. The van der Waals surface area contributed by atoms with Crippen molar-refractivity contribution in [1.82, 2.24) is 10.2 Å². The maximum Gasteiger partial charge on any atom is 0.258 e. The number of benzene rings is 2. The van der Waals surface area contributed by atoms with Crippen molar-refractivity contribution in [3.63, 3.8) is 0 Å². The summed E-state index contributed by atoms with van der Waals surface area (Å²) in [5.41, 5.74) is 2.65. The highest BCUT2D eigenvalue weighted by atomic mass is 35.5. The first-order valence-electron chi connectivity index (χ1n) is 10.4. The second-order valence-corrected chi connectivity index (χ2v) is 8.42. The summed E-state index contributed by atoms with van der Waals surface area (Å²) in [5.74, 6) is 0.954. The van der Waals surface area contributed by atoms with E-state index in [0.717, 1.165) is 29.7 Å². The van der Waals surface area contributed by atoms with E-state index in [1.165, 1.54) is 24.2 Å². The lowest BCUT2D eigenvalue weighted by atomic mass is 9.84. The van der Waals surface area contributed by atoms with Gasteiger partial charge >= 0.3 is 0 Å². The quantitative estimate of drug-likeness (QED) is 0.690. The Hall–Kier alpha value is -2.53. The second kappa shape index (κ2) is 10.5. The molecule has 0 heterocycles. The first-order valence-corrected chi connectivity index (χ1v) is 10.8. The molecule has 3 rings (SSSR count). The van der Waals surface area contributed by atoms with Gasteiger partial charge in [-0.05, 0) is 60.2 Å². The van der Waals surface area contributed by atoms with Crippen molar-refractivity contribution in [3.8, 4) is 5.75 Å². The molecule has 0 atom stereocenters. The SMILES string of the molecule is CN(C)C(=O)c1ccc(CNC(=O)COc2ccc(Cl)cc2C2CCCCC2)cc1. The van der Waals surface area contributed by atoms with Gasteiger partial charge in [0.1, 0.15) is 5.75 Å². The Labute approximate surface area is 183 Å². The van der Waals surface area contributed by atoms with Gasteiger partial charge in [0.25, 0.3) is 11.8 Å². The summed E-state index contributed by atoms with van der Waals surface area (Å²) in [4.78, 5) is 25.8. The number of nitrogens with one attached hydrogen (secondary N) is 1. The number of halogens is 1. The highest BCUT2D eigenvalue weighted by molar-refractivity contribution is 6.30. The van der Waals surface area contributed by atoms with Crippen molar-refractivity contribution in [2.24, 2.45) is 0 Å². The topological polar surface area (TPSA) is 58.6 Å². The molecular weight excluding hydrogens is 400 g/mol. The standard InChI is InChI=1S/C24H29ClN2O3/c1-27(2)24(29)19-10-8-17(9-11-19)15-26-23(28)16-30-22-13-12-20(25)14-21(22)18-6-4-3-5-7-18/h8-14,18H,3-7,15-16H2,1-2H3,(H,26,28). The Balaban J connectivity index is 1.53. The van der Waals surface area contributed by atoms with Crippen LogP contribution in [0.15, 0.2) is 42.5 Å². The third-order valence-corrected chi connectivity index (χ3v) is 5.71. The molecule has 160 valence electrons. The van der Waals surface area contributed by atoms with Crippen molar-refractivity contribution in [2.45, 2.75) is 44.6 Å². The van der Waals surface area contributed by atoms with Crippen LogP contribution >= 0.6 is 11.6 Å². The van der Waals surface area contributed by atoms with Crippen LogP contribution in [0.1, 0.15) is 59.5 Å². The number of hydrogen-bond donors (Lipinski definition) is 1. The fraction of sp³-hybridized carbons (Fsp3) is 0.417. The molecule has 1 fully saturated rings. The smallest absolute Gasteiger partial charge is 0.258 e. The zero-order valence-corrected chi connectivity index (χ0v) is 18.4. The van der Waals surface area contributed by atoms with Gasteiger partial charge in [0.2, 0.25) is 0 Å². The second-order valence-electron chi connectivity index (χ2n) is 7.98. The summed E-state index contributed by atoms with van der Waals surface area (Å²) in [6.45, 7) is 0.341. The summed E-state index contributed by atoms with van der Waals surface area (Å²) in [5, 5.41) is 3.56. The Morgan fingerprint density at radius 1 is 1.07 bits per heavy atom. The lowest BCUT2D eigenvalue weighted by Gasteiger charge is -2.24. The number of carbonyl (C=O) groups excluding carboxylic acids is 2. The van der Waals surface area contributed by atoms with E-state index in [9.17, 15) is 9.59 Å². The molecular formula is C24H29ClN2O3. The van der Waals surface area contributed by atoms with Gasteiger partial charge in [0.05, 0.1) is 0 Å². The largest absolute Gasteiger partial charge is 0.483 e. The third kappa shape index (κ3) is 5.99. The first kappa shape index (κ1) is 22.2. The van der Waals surface area contributed by atoms with Gasteiger partial charge in [-0.25, -0.2) is 0 Å². The predicted molar refractivity (Wildman–Crippen MR) is 119 cm³/mol. The maximum atomic E-state index is 12.3. The zero-order valence-electron chi connectivity index (χ0n) is 17.6. The van der Waals surface area contributed by atoms with Gasteiger partial charge in [-0.2, -0.15) is 0 Å². The summed E-state index contributed by atoms with van der Waals surface area (Å²) >= 11 is 6.21. The molecule has 5 nitrogen and oxygen atoms in total. The molecule has 0 aliphatic heterocycles. The fourth-order valence-electron chi connectivity index (χ4n) is 3.80. The third-order valence-electron chi connectivity index (χ3n) is 5.47. The summed E-state index contributed by atoms with van der Waals surface area (Å²) in [7, 11) is 3.44. The number of carbonyl (C=O) groups is 2. The Bertz CT molecular complexity index is 875. The minimum atomic E-state index is -0.187. The molecule has 0 bridgehead atoms. The van der Waals surface area contributed by atoms with E-state index in [1.54, 1.807) is 32.3 Å². The Morgan fingerprint density at radius 3 is 2.43 bits per heavy atom. The van der Waals surface area contributed by atoms with Crippen molar-refractivity contribution in [2.75, 3.05) is 20.7 Å². The van der Waals surface area contributed by atoms with Crippen LogP contribution in [0.5, 0.6) is 5.75 Å². The van der Waals surface area contributed by atoms with Crippen molar-refractivity contribution in [1.29, 1.82) is 0 Å². The van der Waals surface area contributed by atoms with E-state index in [1.807, 2.05) is 24.3 Å². The predicted octanol–water partition coefficient (Wildman–Crippen LogP) is 4.78. The normalized spacial score (nSPS) is 14.2. The number of rotatable bonds is 7. The molecule has 0 unspecified atom stereocenters. The van der Waals surface area contributed by atoms with Crippen LogP contribution < -0.4 is 10.1 Å². The molecule has 2 aromatic rings. The van der Waals surface area contributed by atoms with Gasteiger partial charge < -0.3 is 15.0 Å². The van der Waals surface area contributed by atoms with E-state index in [4.69, 9.17) is 16.3 Å². The van der Waals surface area contributed by atoms with Gasteiger partial charge in [-0.15, -0.1) is 0 Å². The van der Waals surface area contributed by atoms with E-state index in [-0.39, 0.29) is 18.4 Å². The minimum Gasteiger partial charge on any atom is -0.483 e. The molecule has 2 amide bonds. The molecule has 1 aliphatic carbocycles. The van der Waals surface area contributed by atoms with Crippen molar-refractivity contribution < 1.29 is 14.3 Å². The summed E-state index contributed by atoms with van der Waals surface area (Å²) in [6, 6.07) is 12.9. The van der Waals surface area contributed by atoms with Crippen molar-refractivity contribution in [3.05, 3.63) is 64.2 Å². The molecule has 0 spiro atoms. The molecule has 1 N–H and O–H groups in total. The molecule has 0 radical (unpaired) electrons. The van der Waals surface area contributed by atoms with Gasteiger partial charge in [-0.1, -0.05) is 43.0 Å². The molecule has 6 heteroatoms. The Kier molecular flexibility index (Phi) is 7.75. The number of nitrogens with zero attached hydrogens (tertiary/aromatic N) is 1. The van der Waals surface area contributed by atoms with Crippen molar-refractivity contribution >= 4 is 23.4 Å². The molecule has 30 heavy (non-hydrogen) atoms. The number of ether oxygens (including phenoxy) is 1. The van der Waals surface area contributed by atoms with Crippen LogP contribution in [0.2, 0.25) is 5.02 Å². The van der Waals surface area contributed by atoms with Gasteiger partial charge in [0, 0.05) is 31.2 Å². The van der Waals surface area contributed by atoms with Crippen LogP contribution in [0, 0.1) is 0 Å². The van der Waals surface area contributed by atoms with E-state index in [0.29, 0.717) is 23.0 Å². The number of amides is 2. The van der Waals surface area contributed by atoms with Gasteiger partial charge in [-0.3, -0.25) is 9.59 Å². The van der Waals surface area contributed by atoms with Crippen LogP contribution in [0.3, 0.4) is 0 Å². The van der Waals surface area contributed by atoms with E-state index in [2.05, 4.69) is 5.32 Å². The van der Waals surface area contributed by atoms with Crippen LogP contribution in [0.4, 0.5) is 0 Å². The number of hydrogen-bond acceptors (Lipinski definition) is 3. The maximum absolute atomic E-state index is 12.3. The first-order chi connectivity index (χ1) is 14.4. The fourth-order valence-corrected chi connectivity index (χ4v) is 3.98. The average molecular weight is 429 g/mol. The zero-order chi connectivity index (χ0) is 21.5. The molecule has 1 saturated carbocycles. The molecule has 2 aromatic carbocycles. The molecule has 0 saturated heterocycles. The van der Waals surface area contributed by atoms with Crippen LogP contribution in [-0.4, -0.2) is 37.4 Å². The molecule has 0 aromatic heterocycles. The highest BCUT2D eigenvalue weighted by Crippen LogP contribution is 2.38.